The van der Waals surface area contributed by atoms with Crippen molar-refractivity contribution in [3.05, 3.63) is 71.3 Å². The van der Waals surface area contributed by atoms with Gasteiger partial charge in [-0.15, -0.1) is 0 Å². The summed E-state index contributed by atoms with van der Waals surface area (Å²) in [6.45, 7) is 2.71. The van der Waals surface area contributed by atoms with E-state index in [4.69, 9.17) is 26.7 Å². The van der Waals surface area contributed by atoms with Crippen molar-refractivity contribution in [1.82, 2.24) is 19.7 Å². The van der Waals surface area contributed by atoms with Gasteiger partial charge in [0, 0.05) is 47.3 Å². The first kappa shape index (κ1) is 19.9. The van der Waals surface area contributed by atoms with Crippen molar-refractivity contribution in [3.8, 4) is 17.1 Å². The molecule has 1 fully saturated rings. The molecular weight excluding hydrogens is 453 g/mol. The van der Waals surface area contributed by atoms with E-state index in [0.29, 0.717) is 47.3 Å². The average Bonchev–Trinajstić information content (AvgIpc) is 3.58. The van der Waals surface area contributed by atoms with Gasteiger partial charge in [-0.25, -0.2) is 9.37 Å². The molecule has 0 saturated carbocycles. The van der Waals surface area contributed by atoms with Crippen LogP contribution in [0.5, 0.6) is 5.88 Å². The predicted octanol–water partition coefficient (Wildman–Crippen LogP) is 4.18. The fourth-order valence-corrected chi connectivity index (χ4v) is 5.50. The van der Waals surface area contributed by atoms with Gasteiger partial charge in [-0.2, -0.15) is 4.98 Å². The molecule has 0 radical (unpaired) electrons. The van der Waals surface area contributed by atoms with E-state index < -0.39 is 0 Å². The Hall–Kier alpha value is -3.56. The molecule has 2 N–H and O–H groups in total. The first-order valence-corrected chi connectivity index (χ1v) is 11.6. The van der Waals surface area contributed by atoms with Crippen molar-refractivity contribution in [2.45, 2.75) is 12.5 Å². The van der Waals surface area contributed by atoms with Crippen LogP contribution in [0.4, 0.5) is 15.9 Å². The number of thiocarbonyl (C=S) groups is 1. The van der Waals surface area contributed by atoms with Crippen LogP contribution >= 0.6 is 12.2 Å². The SMILES string of the molecule is Fc1ccn2c(-c3ccc(Nc4ccc5c(n4)OC[C@@H]4COC[C@H]54)c4c3CNC4=S)cnc2c1. The van der Waals surface area contributed by atoms with E-state index in [-0.39, 0.29) is 5.82 Å². The zero-order chi connectivity index (χ0) is 22.8. The van der Waals surface area contributed by atoms with Gasteiger partial charge in [-0.05, 0) is 29.8 Å². The summed E-state index contributed by atoms with van der Waals surface area (Å²) >= 11 is 5.65. The fourth-order valence-electron chi connectivity index (χ4n) is 5.20. The molecule has 0 unspecified atom stereocenters. The maximum atomic E-state index is 13.6. The number of nitrogens with one attached hydrogen (secondary N) is 2. The normalized spacial score (nSPS) is 20.4. The summed E-state index contributed by atoms with van der Waals surface area (Å²) in [6.07, 6.45) is 3.46. The van der Waals surface area contributed by atoms with E-state index in [1.165, 1.54) is 12.1 Å². The predicted molar refractivity (Wildman–Crippen MR) is 129 cm³/mol. The van der Waals surface area contributed by atoms with Gasteiger partial charge in [0.05, 0.1) is 37.4 Å². The number of nitrogens with zero attached hydrogens (tertiary/aromatic N) is 3. The van der Waals surface area contributed by atoms with Crippen LogP contribution in [0.2, 0.25) is 0 Å². The van der Waals surface area contributed by atoms with E-state index in [9.17, 15) is 4.39 Å². The van der Waals surface area contributed by atoms with E-state index in [1.54, 1.807) is 12.4 Å². The molecule has 6 heterocycles. The molecule has 1 saturated heterocycles. The van der Waals surface area contributed by atoms with Gasteiger partial charge in [0.2, 0.25) is 5.88 Å². The highest BCUT2D eigenvalue weighted by atomic mass is 32.1. The lowest BCUT2D eigenvalue weighted by Crippen LogP contribution is -2.25. The zero-order valence-electron chi connectivity index (χ0n) is 18.0. The molecular formula is C25H20FN5O2S. The molecule has 1 aromatic carbocycles. The Bertz CT molecular complexity index is 1490. The second kappa shape index (κ2) is 7.48. The summed E-state index contributed by atoms with van der Waals surface area (Å²) in [4.78, 5) is 9.79. The van der Waals surface area contributed by atoms with E-state index >= 15 is 0 Å². The van der Waals surface area contributed by atoms with Gasteiger partial charge in [0.15, 0.2) is 0 Å². The Balaban J connectivity index is 1.27. The molecule has 3 aromatic heterocycles. The number of halogens is 1. The summed E-state index contributed by atoms with van der Waals surface area (Å²) in [7, 11) is 0. The summed E-state index contributed by atoms with van der Waals surface area (Å²) in [5, 5.41) is 6.73. The molecule has 0 amide bonds. The molecule has 0 aliphatic carbocycles. The Morgan fingerprint density at radius 3 is 3.03 bits per heavy atom. The molecule has 7 rings (SSSR count). The molecule has 2 atom stereocenters. The molecule has 170 valence electrons. The third-order valence-electron chi connectivity index (χ3n) is 6.90. The minimum atomic E-state index is -0.310. The lowest BCUT2D eigenvalue weighted by atomic mass is 9.88. The van der Waals surface area contributed by atoms with Crippen LogP contribution in [-0.4, -0.2) is 39.2 Å². The summed E-state index contributed by atoms with van der Waals surface area (Å²) in [5.74, 6) is 1.82. The number of ether oxygens (including phenoxy) is 2. The minimum Gasteiger partial charge on any atom is -0.477 e. The lowest BCUT2D eigenvalue weighted by molar-refractivity contribution is 0.164. The monoisotopic (exact) mass is 473 g/mol. The van der Waals surface area contributed by atoms with Crippen molar-refractivity contribution < 1.29 is 13.9 Å². The van der Waals surface area contributed by atoms with Crippen molar-refractivity contribution in [1.29, 1.82) is 0 Å². The smallest absolute Gasteiger partial charge is 0.218 e. The summed E-state index contributed by atoms with van der Waals surface area (Å²) in [5.41, 5.74) is 6.45. The third kappa shape index (κ3) is 3.00. The highest BCUT2D eigenvalue weighted by Gasteiger charge is 2.36. The van der Waals surface area contributed by atoms with E-state index in [0.717, 1.165) is 46.8 Å². The van der Waals surface area contributed by atoms with Crippen LogP contribution in [0.1, 0.15) is 22.6 Å². The van der Waals surface area contributed by atoms with Crippen LogP contribution in [0.15, 0.2) is 48.8 Å². The number of benzene rings is 1. The van der Waals surface area contributed by atoms with Crippen molar-refractivity contribution in [3.63, 3.8) is 0 Å². The zero-order valence-corrected chi connectivity index (χ0v) is 18.9. The molecule has 0 spiro atoms. The van der Waals surface area contributed by atoms with Gasteiger partial charge in [-0.1, -0.05) is 18.3 Å². The first-order chi connectivity index (χ1) is 16.7. The van der Waals surface area contributed by atoms with Crippen molar-refractivity contribution in [2.24, 2.45) is 5.92 Å². The Morgan fingerprint density at radius 1 is 1.15 bits per heavy atom. The highest BCUT2D eigenvalue weighted by molar-refractivity contribution is 7.80. The number of hydrogen-bond acceptors (Lipinski definition) is 6. The van der Waals surface area contributed by atoms with Crippen LogP contribution in [-0.2, 0) is 11.3 Å². The van der Waals surface area contributed by atoms with Crippen LogP contribution in [0.25, 0.3) is 16.9 Å². The number of hydrogen-bond donors (Lipinski definition) is 2. The van der Waals surface area contributed by atoms with Crippen LogP contribution < -0.4 is 15.4 Å². The second-order valence-corrected chi connectivity index (χ2v) is 9.25. The standard InChI is InChI=1S/C25H20FN5O2S/c26-14-5-6-31-20(9-27-22(31)7-14)15-1-3-19(23-17(15)8-28-25(23)34)29-21-4-2-16-18-12-32-10-13(18)11-33-24(16)30-21/h1-7,9,13,18H,8,10-12H2,(H,28,34)(H,29,30)/t13-,18-/m0/s1. The fraction of sp³-hybridized carbons (Fsp3) is 0.240. The van der Waals surface area contributed by atoms with Gasteiger partial charge in [0.25, 0.3) is 0 Å². The number of aromatic nitrogens is 3. The van der Waals surface area contributed by atoms with Gasteiger partial charge < -0.3 is 20.1 Å². The quantitative estimate of drug-likeness (QED) is 0.433. The van der Waals surface area contributed by atoms with E-state index in [2.05, 4.69) is 21.7 Å². The number of fused-ring (bicyclic) bond motifs is 5. The molecule has 34 heavy (non-hydrogen) atoms. The Kier molecular flexibility index (Phi) is 4.37. The molecule has 4 aromatic rings. The molecule has 3 aliphatic rings. The van der Waals surface area contributed by atoms with Crippen LogP contribution in [0, 0.1) is 11.7 Å². The topological polar surface area (TPSA) is 72.7 Å². The summed E-state index contributed by atoms with van der Waals surface area (Å²) in [6, 6.07) is 11.0. The molecule has 0 bridgehead atoms. The second-order valence-electron chi connectivity index (χ2n) is 8.84. The number of imidazole rings is 1. The maximum absolute atomic E-state index is 13.6. The minimum absolute atomic E-state index is 0.310. The van der Waals surface area contributed by atoms with Gasteiger partial charge in [-0.3, -0.25) is 4.40 Å². The lowest BCUT2D eigenvalue weighted by Gasteiger charge is -2.26. The number of pyridine rings is 2. The summed E-state index contributed by atoms with van der Waals surface area (Å²) < 4.78 is 27.1. The van der Waals surface area contributed by atoms with Crippen molar-refractivity contribution in [2.75, 3.05) is 25.1 Å². The Morgan fingerprint density at radius 2 is 2.09 bits per heavy atom. The molecule has 9 heteroatoms. The maximum Gasteiger partial charge on any atom is 0.218 e. The largest absolute Gasteiger partial charge is 0.477 e. The highest BCUT2D eigenvalue weighted by Crippen LogP contribution is 2.41. The van der Waals surface area contributed by atoms with E-state index in [1.807, 2.05) is 22.6 Å². The first-order valence-electron chi connectivity index (χ1n) is 11.2. The van der Waals surface area contributed by atoms with Gasteiger partial charge in [0.1, 0.15) is 22.3 Å². The molecule has 7 nitrogen and oxygen atoms in total. The van der Waals surface area contributed by atoms with Gasteiger partial charge >= 0.3 is 0 Å². The third-order valence-corrected chi connectivity index (χ3v) is 7.25. The van der Waals surface area contributed by atoms with Crippen LogP contribution in [0.3, 0.4) is 0 Å². The number of rotatable bonds is 3. The molecule has 3 aliphatic heterocycles. The Labute approximate surface area is 199 Å². The number of anilines is 2. The average molecular weight is 474 g/mol. The van der Waals surface area contributed by atoms with Crippen molar-refractivity contribution >= 4 is 34.4 Å².